The third-order valence-electron chi connectivity index (χ3n) is 5.26. The summed E-state index contributed by atoms with van der Waals surface area (Å²) in [6.07, 6.45) is 1.56. The molecule has 1 saturated heterocycles. The molecule has 0 spiro atoms. The van der Waals surface area contributed by atoms with Gasteiger partial charge in [0.15, 0.2) is 11.7 Å². The van der Waals surface area contributed by atoms with Crippen molar-refractivity contribution in [2.24, 2.45) is 0 Å². The van der Waals surface area contributed by atoms with Crippen molar-refractivity contribution in [3.8, 4) is 0 Å². The van der Waals surface area contributed by atoms with E-state index in [1.165, 1.54) is 33.8 Å². The van der Waals surface area contributed by atoms with Gasteiger partial charge in [0.05, 0.1) is 20.8 Å². The van der Waals surface area contributed by atoms with Crippen LogP contribution in [0, 0.1) is 13.8 Å². The summed E-state index contributed by atoms with van der Waals surface area (Å²) in [5, 5.41) is 3.07. The number of fused-ring (bicyclic) bond motifs is 1. The third-order valence-corrected chi connectivity index (χ3v) is 8.56. The Bertz CT molecular complexity index is 1350. The van der Waals surface area contributed by atoms with E-state index in [0.29, 0.717) is 18.2 Å². The van der Waals surface area contributed by atoms with E-state index in [2.05, 4.69) is 10.3 Å². The number of amides is 1. The third kappa shape index (κ3) is 5.03. The number of aromatic nitrogens is 1. The topological polar surface area (TPSA) is 106 Å². The minimum Gasteiger partial charge on any atom is -0.452 e. The summed E-state index contributed by atoms with van der Waals surface area (Å²) in [4.78, 5) is 29.0. The van der Waals surface area contributed by atoms with Gasteiger partial charge in [-0.25, -0.2) is 18.2 Å². The van der Waals surface area contributed by atoms with E-state index in [4.69, 9.17) is 16.3 Å². The molecule has 3 aromatic rings. The monoisotopic (exact) mass is 507 g/mol. The number of sulfonamides is 1. The molecule has 1 amide bonds. The van der Waals surface area contributed by atoms with Crippen LogP contribution in [0.5, 0.6) is 0 Å². The zero-order valence-electron chi connectivity index (χ0n) is 18.1. The molecule has 0 atom stereocenters. The molecule has 33 heavy (non-hydrogen) atoms. The molecule has 1 aliphatic heterocycles. The quantitative estimate of drug-likeness (QED) is 0.502. The molecular weight excluding hydrogens is 486 g/mol. The largest absolute Gasteiger partial charge is 0.452 e. The van der Waals surface area contributed by atoms with Crippen LogP contribution in [0.2, 0.25) is 5.02 Å². The molecule has 2 heterocycles. The van der Waals surface area contributed by atoms with Gasteiger partial charge in [0.2, 0.25) is 10.0 Å². The van der Waals surface area contributed by atoms with Gasteiger partial charge in [-0.2, -0.15) is 4.31 Å². The van der Waals surface area contributed by atoms with E-state index in [1.54, 1.807) is 0 Å². The molecule has 0 saturated carbocycles. The fraction of sp³-hybridized carbons (Fsp3) is 0.318. The summed E-state index contributed by atoms with van der Waals surface area (Å²) in [6.45, 7) is 4.23. The van der Waals surface area contributed by atoms with Crippen molar-refractivity contribution >= 4 is 60.2 Å². The number of carbonyl (C=O) groups is 2. The highest BCUT2D eigenvalue weighted by atomic mass is 35.5. The molecule has 1 aliphatic rings. The molecule has 1 N–H and O–H groups in total. The number of benzene rings is 2. The van der Waals surface area contributed by atoms with Crippen LogP contribution in [0.1, 0.15) is 34.3 Å². The van der Waals surface area contributed by atoms with Gasteiger partial charge in [0.25, 0.3) is 5.91 Å². The Balaban J connectivity index is 1.42. The number of aryl methyl sites for hydroxylation is 2. The Morgan fingerprint density at radius 3 is 2.64 bits per heavy atom. The first kappa shape index (κ1) is 23.6. The normalized spacial score (nSPS) is 14.5. The van der Waals surface area contributed by atoms with Gasteiger partial charge in [-0.15, -0.1) is 0 Å². The molecule has 4 rings (SSSR count). The summed E-state index contributed by atoms with van der Waals surface area (Å²) in [6, 6.07) is 7.90. The van der Waals surface area contributed by atoms with Gasteiger partial charge in [-0.05, 0) is 62.1 Å². The highest BCUT2D eigenvalue weighted by Gasteiger charge is 2.30. The zero-order chi connectivity index (χ0) is 23.8. The summed E-state index contributed by atoms with van der Waals surface area (Å²) in [7, 11) is -3.81. The average Bonchev–Trinajstić information content (AvgIpc) is 3.42. The lowest BCUT2D eigenvalue weighted by Crippen LogP contribution is -2.28. The molecule has 0 bridgehead atoms. The summed E-state index contributed by atoms with van der Waals surface area (Å²) < 4.78 is 33.1. The molecule has 8 nitrogen and oxygen atoms in total. The van der Waals surface area contributed by atoms with E-state index >= 15 is 0 Å². The predicted octanol–water partition coefficient (Wildman–Crippen LogP) is 4.15. The predicted molar refractivity (Wildman–Crippen MR) is 127 cm³/mol. The second-order valence-corrected chi connectivity index (χ2v) is 11.2. The van der Waals surface area contributed by atoms with E-state index in [0.717, 1.165) is 34.2 Å². The maximum absolute atomic E-state index is 12.8. The molecular formula is C22H22ClN3O5S2. The number of hydrogen-bond acceptors (Lipinski definition) is 7. The van der Waals surface area contributed by atoms with Gasteiger partial charge in [-0.3, -0.25) is 10.1 Å². The number of esters is 1. The minimum atomic E-state index is -3.81. The van der Waals surface area contributed by atoms with Crippen LogP contribution in [0.15, 0.2) is 35.2 Å². The molecule has 0 radical (unpaired) electrons. The van der Waals surface area contributed by atoms with Crippen LogP contribution in [-0.4, -0.2) is 49.3 Å². The molecule has 0 unspecified atom stereocenters. The molecule has 1 fully saturated rings. The Morgan fingerprint density at radius 2 is 1.91 bits per heavy atom. The lowest BCUT2D eigenvalue weighted by atomic mass is 10.1. The molecule has 0 aliphatic carbocycles. The van der Waals surface area contributed by atoms with Crippen molar-refractivity contribution < 1.29 is 22.7 Å². The molecule has 2 aromatic carbocycles. The Labute approximate surface area is 200 Å². The fourth-order valence-corrected chi connectivity index (χ4v) is 6.77. The molecule has 174 valence electrons. The summed E-state index contributed by atoms with van der Waals surface area (Å²) in [5.41, 5.74) is 2.92. The van der Waals surface area contributed by atoms with Crippen LogP contribution < -0.4 is 5.32 Å². The number of ether oxygens (including phenoxy) is 1. The second kappa shape index (κ2) is 9.38. The van der Waals surface area contributed by atoms with Crippen LogP contribution in [0.3, 0.4) is 0 Å². The molecule has 11 heteroatoms. The number of nitrogens with zero attached hydrogens (tertiary/aromatic N) is 2. The van der Waals surface area contributed by atoms with E-state index in [1.807, 2.05) is 26.0 Å². The van der Waals surface area contributed by atoms with Crippen molar-refractivity contribution in [2.45, 2.75) is 31.6 Å². The number of hydrogen-bond donors (Lipinski definition) is 1. The Morgan fingerprint density at radius 1 is 1.18 bits per heavy atom. The first-order valence-electron chi connectivity index (χ1n) is 10.3. The van der Waals surface area contributed by atoms with Crippen molar-refractivity contribution in [1.82, 2.24) is 9.29 Å². The van der Waals surface area contributed by atoms with Gasteiger partial charge >= 0.3 is 5.97 Å². The van der Waals surface area contributed by atoms with Crippen molar-refractivity contribution in [3.05, 3.63) is 52.0 Å². The number of anilines is 1. The summed E-state index contributed by atoms with van der Waals surface area (Å²) >= 11 is 7.44. The number of thiazole rings is 1. The summed E-state index contributed by atoms with van der Waals surface area (Å²) in [5.74, 6) is -1.37. The highest BCUT2D eigenvalue weighted by molar-refractivity contribution is 7.89. The maximum atomic E-state index is 12.8. The van der Waals surface area contributed by atoms with Gasteiger partial charge in [0.1, 0.15) is 4.90 Å². The second-order valence-electron chi connectivity index (χ2n) is 7.83. The lowest BCUT2D eigenvalue weighted by Gasteiger charge is -2.17. The van der Waals surface area contributed by atoms with E-state index in [-0.39, 0.29) is 15.5 Å². The number of halogens is 1. The number of rotatable bonds is 6. The Hall–Kier alpha value is -2.53. The number of carbonyl (C=O) groups excluding carboxylic acids is 2. The van der Waals surface area contributed by atoms with Gasteiger partial charge < -0.3 is 4.74 Å². The zero-order valence-corrected chi connectivity index (χ0v) is 20.4. The Kier molecular flexibility index (Phi) is 6.71. The average molecular weight is 508 g/mol. The van der Waals surface area contributed by atoms with Crippen molar-refractivity contribution in [2.75, 3.05) is 25.0 Å². The van der Waals surface area contributed by atoms with Crippen LogP contribution in [0.4, 0.5) is 5.13 Å². The smallest absolute Gasteiger partial charge is 0.338 e. The van der Waals surface area contributed by atoms with Crippen LogP contribution >= 0.6 is 22.9 Å². The van der Waals surface area contributed by atoms with E-state index in [9.17, 15) is 18.0 Å². The van der Waals surface area contributed by atoms with Gasteiger partial charge in [-0.1, -0.05) is 29.0 Å². The first-order valence-corrected chi connectivity index (χ1v) is 12.9. The van der Waals surface area contributed by atoms with Gasteiger partial charge in [0, 0.05) is 13.1 Å². The maximum Gasteiger partial charge on any atom is 0.338 e. The SMILES string of the molecule is Cc1cc(C)c2nc(NC(=O)COC(=O)c3ccc(Cl)c(S(=O)(=O)N4CCCC4)c3)sc2c1. The highest BCUT2D eigenvalue weighted by Crippen LogP contribution is 2.30. The van der Waals surface area contributed by atoms with E-state index < -0.39 is 28.5 Å². The van der Waals surface area contributed by atoms with Crippen molar-refractivity contribution in [1.29, 1.82) is 0 Å². The van der Waals surface area contributed by atoms with Crippen LogP contribution in [-0.2, 0) is 19.6 Å². The number of nitrogens with one attached hydrogen (secondary N) is 1. The van der Waals surface area contributed by atoms with Crippen molar-refractivity contribution in [3.63, 3.8) is 0 Å². The standard InChI is InChI=1S/C22H22ClN3O5S2/c1-13-9-14(2)20-17(10-13)32-22(25-20)24-19(27)12-31-21(28)15-5-6-16(23)18(11-15)33(29,30)26-7-3-4-8-26/h5-6,9-11H,3-4,7-8,12H2,1-2H3,(H,24,25,27). The lowest BCUT2D eigenvalue weighted by molar-refractivity contribution is -0.119. The first-order chi connectivity index (χ1) is 15.6. The van der Waals surface area contributed by atoms with Crippen LogP contribution in [0.25, 0.3) is 10.2 Å². The minimum absolute atomic E-state index is 0.00365. The molecule has 1 aromatic heterocycles. The fourth-order valence-electron chi connectivity index (χ4n) is 3.69.